The fourth-order valence-corrected chi connectivity index (χ4v) is 3.12. The van der Waals surface area contributed by atoms with Crippen molar-refractivity contribution in [3.8, 4) is 0 Å². The zero-order valence-electron chi connectivity index (χ0n) is 14.0. The van der Waals surface area contributed by atoms with Gasteiger partial charge in [-0.15, -0.1) is 0 Å². The molecule has 1 aliphatic heterocycles. The quantitative estimate of drug-likeness (QED) is 0.642. The molecule has 1 heterocycles. The molecule has 1 saturated heterocycles. The molecule has 0 bridgehead atoms. The summed E-state index contributed by atoms with van der Waals surface area (Å²) in [6, 6.07) is 7.78. The Balaban J connectivity index is 1.42. The first kappa shape index (κ1) is 16.7. The maximum absolute atomic E-state index is 11.9. The zero-order valence-corrected chi connectivity index (χ0v) is 14.0. The van der Waals surface area contributed by atoms with Gasteiger partial charge < -0.3 is 15.0 Å². The molecule has 0 radical (unpaired) electrons. The van der Waals surface area contributed by atoms with E-state index in [0.717, 1.165) is 24.7 Å². The molecule has 0 spiro atoms. The highest BCUT2D eigenvalue weighted by molar-refractivity contribution is 5.92. The molecule has 5 nitrogen and oxygen atoms in total. The predicted molar refractivity (Wildman–Crippen MR) is 92.5 cm³/mol. The normalized spacial score (nSPS) is 21.1. The number of carbonyl (C=O) groups excluding carboxylic acids is 2. The van der Waals surface area contributed by atoms with E-state index in [4.69, 9.17) is 0 Å². The van der Waals surface area contributed by atoms with Gasteiger partial charge in [0.1, 0.15) is 0 Å². The summed E-state index contributed by atoms with van der Waals surface area (Å²) in [5.41, 5.74) is 1.37. The molecular formula is C19H24N2O3. The first-order valence-corrected chi connectivity index (χ1v) is 8.54. The van der Waals surface area contributed by atoms with E-state index in [-0.39, 0.29) is 11.9 Å². The van der Waals surface area contributed by atoms with Gasteiger partial charge in [-0.05, 0) is 55.5 Å². The number of ether oxygens (including phenoxy) is 1. The monoisotopic (exact) mass is 328 g/mol. The molecular weight excluding hydrogens is 304 g/mol. The predicted octanol–water partition coefficient (Wildman–Crippen LogP) is 2.09. The van der Waals surface area contributed by atoms with Crippen molar-refractivity contribution in [1.29, 1.82) is 0 Å². The van der Waals surface area contributed by atoms with Crippen LogP contribution in [0.25, 0.3) is 6.08 Å². The van der Waals surface area contributed by atoms with Gasteiger partial charge in [0.25, 0.3) is 0 Å². The molecule has 1 N–H and O–H groups in total. The Labute approximate surface area is 142 Å². The van der Waals surface area contributed by atoms with Crippen molar-refractivity contribution >= 4 is 18.0 Å². The number of methoxy groups -OCH3 is 1. The van der Waals surface area contributed by atoms with Crippen molar-refractivity contribution in [3.63, 3.8) is 0 Å². The van der Waals surface area contributed by atoms with E-state index in [0.29, 0.717) is 11.5 Å². The standard InChI is InChI=1S/C19H24N2O3/c1-24-19(23)16-5-2-14(3-6-16)4-9-18(22)20-12-15-10-11-21(13-15)17-7-8-17/h2-6,9,15,17H,7-8,10-13H2,1H3,(H,20,22)/b9-4-/t15-/m1/s1. The van der Waals surface area contributed by atoms with Crippen LogP contribution < -0.4 is 5.32 Å². The largest absolute Gasteiger partial charge is 0.465 e. The Morgan fingerprint density at radius 2 is 2.00 bits per heavy atom. The van der Waals surface area contributed by atoms with Crippen LogP contribution in [0.4, 0.5) is 0 Å². The summed E-state index contributed by atoms with van der Waals surface area (Å²) in [4.78, 5) is 25.9. The van der Waals surface area contributed by atoms with Gasteiger partial charge in [-0.1, -0.05) is 12.1 Å². The van der Waals surface area contributed by atoms with Gasteiger partial charge in [-0.2, -0.15) is 0 Å². The van der Waals surface area contributed by atoms with Crippen LogP contribution in [0.3, 0.4) is 0 Å². The third-order valence-electron chi connectivity index (χ3n) is 4.70. The Kier molecular flexibility index (Phi) is 5.30. The number of esters is 1. The van der Waals surface area contributed by atoms with Gasteiger partial charge in [-0.3, -0.25) is 4.79 Å². The molecule has 5 heteroatoms. The lowest BCUT2D eigenvalue weighted by atomic mass is 10.1. The fraction of sp³-hybridized carbons (Fsp3) is 0.474. The summed E-state index contributed by atoms with van der Waals surface area (Å²) in [7, 11) is 1.36. The molecule has 3 rings (SSSR count). The number of benzene rings is 1. The molecule has 1 atom stereocenters. The fourth-order valence-electron chi connectivity index (χ4n) is 3.12. The summed E-state index contributed by atoms with van der Waals surface area (Å²) in [6.45, 7) is 3.03. The topological polar surface area (TPSA) is 58.6 Å². The van der Waals surface area contributed by atoms with Crippen molar-refractivity contribution < 1.29 is 14.3 Å². The van der Waals surface area contributed by atoms with E-state index >= 15 is 0 Å². The first-order valence-electron chi connectivity index (χ1n) is 8.54. The minimum Gasteiger partial charge on any atom is -0.465 e. The molecule has 1 aromatic rings. The molecule has 24 heavy (non-hydrogen) atoms. The van der Waals surface area contributed by atoms with Gasteiger partial charge in [-0.25, -0.2) is 4.79 Å². The van der Waals surface area contributed by atoms with Crippen LogP contribution in [0.5, 0.6) is 0 Å². The lowest BCUT2D eigenvalue weighted by Crippen LogP contribution is -2.30. The number of hydrogen-bond donors (Lipinski definition) is 1. The first-order chi connectivity index (χ1) is 11.7. The molecule has 1 aromatic carbocycles. The minimum atomic E-state index is -0.361. The van der Waals surface area contributed by atoms with Crippen molar-refractivity contribution in [3.05, 3.63) is 41.5 Å². The smallest absolute Gasteiger partial charge is 0.337 e. The van der Waals surface area contributed by atoms with Crippen LogP contribution in [-0.4, -0.2) is 49.6 Å². The van der Waals surface area contributed by atoms with Crippen LogP contribution in [0.1, 0.15) is 35.2 Å². The van der Waals surface area contributed by atoms with Crippen molar-refractivity contribution in [2.24, 2.45) is 5.92 Å². The summed E-state index contributed by atoms with van der Waals surface area (Å²) in [5, 5.41) is 2.99. The van der Waals surface area contributed by atoms with E-state index in [1.165, 1.54) is 32.9 Å². The average molecular weight is 328 g/mol. The van der Waals surface area contributed by atoms with Gasteiger partial charge in [0.05, 0.1) is 12.7 Å². The van der Waals surface area contributed by atoms with Crippen molar-refractivity contribution in [2.45, 2.75) is 25.3 Å². The van der Waals surface area contributed by atoms with Crippen molar-refractivity contribution in [1.82, 2.24) is 10.2 Å². The van der Waals surface area contributed by atoms with E-state index in [1.54, 1.807) is 36.4 Å². The number of hydrogen-bond acceptors (Lipinski definition) is 4. The Morgan fingerprint density at radius 3 is 2.67 bits per heavy atom. The number of likely N-dealkylation sites (tertiary alicyclic amines) is 1. The van der Waals surface area contributed by atoms with Crippen LogP contribution in [-0.2, 0) is 9.53 Å². The van der Waals surface area contributed by atoms with Crippen LogP contribution in [0.2, 0.25) is 0 Å². The second-order valence-corrected chi connectivity index (χ2v) is 6.57. The average Bonchev–Trinajstić information content (AvgIpc) is 3.36. The van der Waals surface area contributed by atoms with Crippen LogP contribution in [0.15, 0.2) is 30.3 Å². The number of nitrogens with zero attached hydrogens (tertiary/aromatic N) is 1. The Bertz CT molecular complexity index is 620. The van der Waals surface area contributed by atoms with Crippen molar-refractivity contribution in [2.75, 3.05) is 26.7 Å². The van der Waals surface area contributed by atoms with Gasteiger partial charge in [0, 0.05) is 25.2 Å². The summed E-state index contributed by atoms with van der Waals surface area (Å²) < 4.78 is 4.66. The minimum absolute atomic E-state index is 0.0723. The second kappa shape index (κ2) is 7.62. The van der Waals surface area contributed by atoms with E-state index in [2.05, 4.69) is 15.0 Å². The van der Waals surface area contributed by atoms with Crippen LogP contribution >= 0.6 is 0 Å². The highest BCUT2D eigenvalue weighted by Gasteiger charge is 2.34. The highest BCUT2D eigenvalue weighted by atomic mass is 16.5. The molecule has 128 valence electrons. The second-order valence-electron chi connectivity index (χ2n) is 6.57. The van der Waals surface area contributed by atoms with Crippen LogP contribution in [0, 0.1) is 5.92 Å². The lowest BCUT2D eigenvalue weighted by molar-refractivity contribution is -0.116. The highest BCUT2D eigenvalue weighted by Crippen LogP contribution is 2.31. The maximum Gasteiger partial charge on any atom is 0.337 e. The van der Waals surface area contributed by atoms with Gasteiger partial charge >= 0.3 is 5.97 Å². The summed E-state index contributed by atoms with van der Waals surface area (Å²) in [6.07, 6.45) is 7.16. The molecule has 0 unspecified atom stereocenters. The molecule has 1 amide bonds. The molecule has 0 aromatic heterocycles. The van der Waals surface area contributed by atoms with Gasteiger partial charge in [0.15, 0.2) is 0 Å². The van der Waals surface area contributed by atoms with E-state index in [1.807, 2.05) is 0 Å². The lowest BCUT2D eigenvalue weighted by Gasteiger charge is -2.14. The molecule has 1 saturated carbocycles. The third-order valence-corrected chi connectivity index (χ3v) is 4.70. The molecule has 2 fully saturated rings. The number of amides is 1. The number of nitrogens with one attached hydrogen (secondary N) is 1. The Morgan fingerprint density at radius 1 is 1.25 bits per heavy atom. The zero-order chi connectivity index (χ0) is 16.9. The number of carbonyl (C=O) groups is 2. The third kappa shape index (κ3) is 4.45. The summed E-state index contributed by atoms with van der Waals surface area (Å²) in [5.74, 6) is 0.138. The molecule has 1 aliphatic carbocycles. The maximum atomic E-state index is 11.9. The SMILES string of the molecule is COC(=O)c1ccc(/C=C\C(=O)NC[C@H]2CCN(C3CC3)C2)cc1. The Hall–Kier alpha value is -2.14. The van der Waals surface area contributed by atoms with E-state index in [9.17, 15) is 9.59 Å². The number of rotatable bonds is 6. The summed E-state index contributed by atoms with van der Waals surface area (Å²) >= 11 is 0. The molecule has 2 aliphatic rings. The van der Waals surface area contributed by atoms with E-state index < -0.39 is 0 Å². The van der Waals surface area contributed by atoms with Gasteiger partial charge in [0.2, 0.25) is 5.91 Å².